The molecule has 2 heterocycles. The highest BCUT2D eigenvalue weighted by Crippen LogP contribution is 2.64. The van der Waals surface area contributed by atoms with Crippen LogP contribution >= 0.6 is 70.6 Å². The maximum absolute atomic E-state index is 11.4. The molecule has 0 aromatic rings. The normalized spacial score (nSPS) is 22.5. The predicted molar refractivity (Wildman–Crippen MR) is 97.6 cm³/mol. The van der Waals surface area contributed by atoms with Crippen molar-refractivity contribution in [1.82, 2.24) is 0 Å². The quantitative estimate of drug-likeness (QED) is 0.500. The fraction of sp³-hybridized carbons (Fsp3) is 0.167. The Bertz CT molecular complexity index is 588. The van der Waals surface area contributed by atoms with Crippen molar-refractivity contribution in [3.8, 4) is 0 Å². The van der Waals surface area contributed by atoms with Crippen LogP contribution in [0.5, 0.6) is 0 Å². The number of carbonyl (C=O) groups is 2. The Morgan fingerprint density at radius 3 is 1.55 bits per heavy atom. The van der Waals surface area contributed by atoms with E-state index in [-0.39, 0.29) is 0 Å². The lowest BCUT2D eigenvalue weighted by Crippen LogP contribution is -2.11. The van der Waals surface area contributed by atoms with Crippen LogP contribution in [0.4, 0.5) is 0 Å². The first kappa shape index (κ1) is 15.3. The fourth-order valence-electron chi connectivity index (χ4n) is 1.59. The predicted octanol–water partition coefficient (Wildman–Crippen LogP) is 4.85. The van der Waals surface area contributed by atoms with E-state index in [4.69, 9.17) is 0 Å². The molecule has 8 heteroatoms. The summed E-state index contributed by atoms with van der Waals surface area (Å²) in [6, 6.07) is 0. The van der Waals surface area contributed by atoms with Gasteiger partial charge in [0, 0.05) is 22.0 Å². The number of rotatable bonds is 2. The molecule has 1 saturated heterocycles. The van der Waals surface area contributed by atoms with Crippen LogP contribution in [0.15, 0.2) is 38.9 Å². The lowest BCUT2D eigenvalue weighted by Gasteiger charge is -2.01. The maximum Gasteiger partial charge on any atom is 0.226 e. The summed E-state index contributed by atoms with van der Waals surface area (Å²) in [6.07, 6.45) is 7.10. The molecular formula is C12H8O2S6. The van der Waals surface area contributed by atoms with E-state index in [1.54, 1.807) is 70.6 Å². The summed E-state index contributed by atoms with van der Waals surface area (Å²) in [7, 11) is 0. The summed E-state index contributed by atoms with van der Waals surface area (Å²) in [5.74, 6) is -0.829. The minimum absolute atomic E-state index is 0.414. The lowest BCUT2D eigenvalue weighted by molar-refractivity contribution is -0.131. The molecule has 3 rings (SSSR count). The summed E-state index contributed by atoms with van der Waals surface area (Å²) in [4.78, 5) is 24.7. The Morgan fingerprint density at radius 1 is 0.750 bits per heavy atom. The van der Waals surface area contributed by atoms with E-state index in [1.165, 1.54) is 29.1 Å². The Labute approximate surface area is 142 Å². The van der Waals surface area contributed by atoms with Gasteiger partial charge in [-0.05, 0) is 12.5 Å². The lowest BCUT2D eigenvalue weighted by atomic mass is 10.1. The first-order chi connectivity index (χ1) is 9.62. The summed E-state index contributed by atoms with van der Waals surface area (Å²) < 4.78 is 5.09. The number of ketones is 2. The summed E-state index contributed by atoms with van der Waals surface area (Å²) >= 11 is 10.3. The average Bonchev–Trinajstić information content (AvgIpc) is 3.02. The number of fused-ring (bicyclic) bond motifs is 1. The fourth-order valence-corrected chi connectivity index (χ4v) is 9.42. The van der Waals surface area contributed by atoms with E-state index in [9.17, 15) is 9.59 Å². The minimum Gasteiger partial charge on any atom is -0.286 e. The molecule has 1 fully saturated rings. The van der Waals surface area contributed by atoms with E-state index in [1.807, 2.05) is 0 Å². The number of allylic oxidation sites excluding steroid dienone is 2. The SMILES string of the molecule is CSC1=C(SC)SC(=C2SC3=CC(=O)C(=O)C=C3S2)S1. The van der Waals surface area contributed by atoms with E-state index in [2.05, 4.69) is 12.5 Å². The molecular weight excluding hydrogens is 369 g/mol. The third-order valence-electron chi connectivity index (χ3n) is 2.49. The third kappa shape index (κ3) is 2.83. The van der Waals surface area contributed by atoms with Crippen LogP contribution in [-0.2, 0) is 9.59 Å². The molecule has 0 spiro atoms. The van der Waals surface area contributed by atoms with Gasteiger partial charge in [-0.25, -0.2) is 0 Å². The average molecular weight is 377 g/mol. The second-order valence-corrected chi connectivity index (χ2v) is 10.5. The van der Waals surface area contributed by atoms with E-state index >= 15 is 0 Å². The molecule has 2 nitrogen and oxygen atoms in total. The van der Waals surface area contributed by atoms with Gasteiger partial charge in [-0.3, -0.25) is 9.59 Å². The van der Waals surface area contributed by atoms with Crippen LogP contribution in [0, 0.1) is 0 Å². The van der Waals surface area contributed by atoms with Gasteiger partial charge >= 0.3 is 0 Å². The Morgan fingerprint density at radius 2 is 1.15 bits per heavy atom. The van der Waals surface area contributed by atoms with Crippen LogP contribution < -0.4 is 0 Å². The van der Waals surface area contributed by atoms with Gasteiger partial charge in [-0.15, -0.1) is 23.5 Å². The molecule has 104 valence electrons. The molecule has 0 atom stereocenters. The van der Waals surface area contributed by atoms with Crippen LogP contribution in [0.25, 0.3) is 0 Å². The molecule has 20 heavy (non-hydrogen) atoms. The minimum atomic E-state index is -0.414. The van der Waals surface area contributed by atoms with Gasteiger partial charge in [0.05, 0.1) is 16.9 Å². The van der Waals surface area contributed by atoms with Crippen molar-refractivity contribution in [2.45, 2.75) is 0 Å². The Hall–Kier alpha value is 0.400. The maximum atomic E-state index is 11.4. The molecule has 0 N–H and O–H groups in total. The molecule has 0 aromatic heterocycles. The summed E-state index contributed by atoms with van der Waals surface area (Å²) in [5.41, 5.74) is 0. The van der Waals surface area contributed by atoms with Crippen LogP contribution in [0.2, 0.25) is 0 Å². The second-order valence-electron chi connectivity index (χ2n) is 3.71. The van der Waals surface area contributed by atoms with Crippen molar-refractivity contribution in [2.75, 3.05) is 12.5 Å². The van der Waals surface area contributed by atoms with Gasteiger partial charge in [0.1, 0.15) is 0 Å². The molecule has 0 amide bonds. The van der Waals surface area contributed by atoms with E-state index < -0.39 is 11.6 Å². The molecule has 0 saturated carbocycles. The summed E-state index contributed by atoms with van der Waals surface area (Å²) in [5, 5.41) is 0. The zero-order valence-electron chi connectivity index (χ0n) is 10.4. The van der Waals surface area contributed by atoms with Crippen LogP contribution in [-0.4, -0.2) is 24.1 Å². The molecule has 0 radical (unpaired) electrons. The molecule has 1 aliphatic carbocycles. The van der Waals surface area contributed by atoms with Gasteiger partial charge in [0.2, 0.25) is 11.6 Å². The van der Waals surface area contributed by atoms with Gasteiger partial charge in [0.25, 0.3) is 0 Å². The summed E-state index contributed by atoms with van der Waals surface area (Å²) in [6.45, 7) is 0. The number of hydrogen-bond donors (Lipinski definition) is 0. The third-order valence-corrected chi connectivity index (χ3v) is 10.8. The van der Waals surface area contributed by atoms with Gasteiger partial charge < -0.3 is 0 Å². The van der Waals surface area contributed by atoms with Crippen molar-refractivity contribution in [3.63, 3.8) is 0 Å². The topological polar surface area (TPSA) is 34.1 Å². The molecule has 3 aliphatic rings. The Kier molecular flexibility index (Phi) is 4.79. The highest BCUT2D eigenvalue weighted by atomic mass is 32.3. The van der Waals surface area contributed by atoms with Gasteiger partial charge in [0.15, 0.2) is 0 Å². The van der Waals surface area contributed by atoms with Gasteiger partial charge in [-0.1, -0.05) is 47.0 Å². The second kappa shape index (κ2) is 6.26. The number of hydrogen-bond acceptors (Lipinski definition) is 8. The number of carbonyl (C=O) groups excluding carboxylic acids is 2. The van der Waals surface area contributed by atoms with E-state index in [0.29, 0.717) is 0 Å². The molecule has 0 aromatic carbocycles. The zero-order valence-corrected chi connectivity index (χ0v) is 15.3. The largest absolute Gasteiger partial charge is 0.286 e. The first-order valence-corrected chi connectivity index (χ1v) is 11.1. The van der Waals surface area contributed by atoms with Crippen molar-refractivity contribution >= 4 is 82.1 Å². The highest BCUT2D eigenvalue weighted by Gasteiger charge is 2.32. The van der Waals surface area contributed by atoms with Crippen molar-refractivity contribution in [1.29, 1.82) is 0 Å². The smallest absolute Gasteiger partial charge is 0.226 e. The van der Waals surface area contributed by atoms with Crippen molar-refractivity contribution in [2.24, 2.45) is 0 Å². The van der Waals surface area contributed by atoms with Crippen LogP contribution in [0.3, 0.4) is 0 Å². The van der Waals surface area contributed by atoms with Crippen molar-refractivity contribution < 1.29 is 9.59 Å². The van der Waals surface area contributed by atoms with Crippen molar-refractivity contribution in [3.05, 3.63) is 38.9 Å². The molecule has 0 bridgehead atoms. The van der Waals surface area contributed by atoms with E-state index in [0.717, 1.165) is 9.81 Å². The molecule has 0 unspecified atom stereocenters. The monoisotopic (exact) mass is 376 g/mol. The number of thioether (sulfide) groups is 6. The highest BCUT2D eigenvalue weighted by molar-refractivity contribution is 8.42. The molecule has 2 aliphatic heterocycles. The zero-order chi connectivity index (χ0) is 14.3. The Balaban J connectivity index is 1.87. The first-order valence-electron chi connectivity index (χ1n) is 5.42. The standard InChI is InChI=1S/C12H8O2S6/c1-15-9-10(16-2)20-12(19-9)11-17-7-3-5(13)6(14)4-8(7)18-11/h3-4H,1-2H3. The van der Waals surface area contributed by atoms with Gasteiger partial charge in [-0.2, -0.15) is 0 Å². The van der Waals surface area contributed by atoms with Crippen LogP contribution in [0.1, 0.15) is 0 Å².